The lowest BCUT2D eigenvalue weighted by molar-refractivity contribution is 0.0643. The SMILES string of the molecule is COC(=N)N1CCN(C(=O)c2ccco2)CC1.Cl. The minimum Gasteiger partial charge on any atom is -0.469 e. The summed E-state index contributed by atoms with van der Waals surface area (Å²) in [6.45, 7) is 2.37. The summed E-state index contributed by atoms with van der Waals surface area (Å²) in [5, 5.41) is 7.53. The summed E-state index contributed by atoms with van der Waals surface area (Å²) in [6.07, 6.45) is 1.49. The topological polar surface area (TPSA) is 69.8 Å². The molecule has 1 aliphatic rings. The number of furan rings is 1. The lowest BCUT2D eigenvalue weighted by Crippen LogP contribution is -2.50. The summed E-state index contributed by atoms with van der Waals surface area (Å²) < 4.78 is 9.92. The van der Waals surface area contributed by atoms with Crippen molar-refractivity contribution >= 4 is 24.3 Å². The molecule has 1 aromatic heterocycles. The predicted molar refractivity (Wildman–Crippen MR) is 68.2 cm³/mol. The molecule has 1 fully saturated rings. The van der Waals surface area contributed by atoms with Gasteiger partial charge in [0.05, 0.1) is 13.4 Å². The number of amidine groups is 1. The summed E-state index contributed by atoms with van der Waals surface area (Å²) in [5.41, 5.74) is 0. The number of ether oxygens (including phenoxy) is 1. The van der Waals surface area contributed by atoms with Crippen molar-refractivity contribution < 1.29 is 13.9 Å². The highest BCUT2D eigenvalue weighted by Crippen LogP contribution is 2.09. The highest BCUT2D eigenvalue weighted by molar-refractivity contribution is 5.91. The molecule has 6 nitrogen and oxygen atoms in total. The van der Waals surface area contributed by atoms with Gasteiger partial charge in [0.2, 0.25) is 0 Å². The highest BCUT2D eigenvalue weighted by Gasteiger charge is 2.24. The maximum absolute atomic E-state index is 11.9. The zero-order valence-electron chi connectivity index (χ0n) is 10.1. The normalized spacial score (nSPS) is 14.9. The standard InChI is InChI=1S/C11H15N3O3.ClH/c1-16-11(12)14-6-4-13(5-7-14)10(15)9-3-2-8-17-9;/h2-3,8,12H,4-7H2,1H3;1H. The maximum atomic E-state index is 11.9. The number of nitrogens with zero attached hydrogens (tertiary/aromatic N) is 2. The second-order valence-electron chi connectivity index (χ2n) is 3.77. The maximum Gasteiger partial charge on any atom is 0.289 e. The van der Waals surface area contributed by atoms with E-state index < -0.39 is 0 Å². The van der Waals surface area contributed by atoms with Crippen LogP contribution < -0.4 is 0 Å². The van der Waals surface area contributed by atoms with Gasteiger partial charge in [-0.25, -0.2) is 0 Å². The Morgan fingerprint density at radius 2 is 1.94 bits per heavy atom. The van der Waals surface area contributed by atoms with E-state index in [0.29, 0.717) is 31.9 Å². The molecule has 0 radical (unpaired) electrons. The number of halogens is 1. The summed E-state index contributed by atoms with van der Waals surface area (Å²) in [7, 11) is 1.47. The molecule has 0 atom stereocenters. The molecule has 0 spiro atoms. The van der Waals surface area contributed by atoms with Gasteiger partial charge in [0, 0.05) is 26.2 Å². The number of piperazine rings is 1. The number of carbonyl (C=O) groups excluding carboxylic acids is 1. The lowest BCUT2D eigenvalue weighted by Gasteiger charge is -2.34. The van der Waals surface area contributed by atoms with Crippen molar-refractivity contribution in [1.82, 2.24) is 9.80 Å². The van der Waals surface area contributed by atoms with Crippen LogP contribution in [0.5, 0.6) is 0 Å². The van der Waals surface area contributed by atoms with Crippen LogP contribution in [0.1, 0.15) is 10.6 Å². The van der Waals surface area contributed by atoms with Crippen LogP contribution in [0.3, 0.4) is 0 Å². The van der Waals surface area contributed by atoms with E-state index in [4.69, 9.17) is 14.6 Å². The fraction of sp³-hybridized carbons (Fsp3) is 0.455. The van der Waals surface area contributed by atoms with E-state index in [9.17, 15) is 4.79 Å². The van der Waals surface area contributed by atoms with Crippen LogP contribution in [0.15, 0.2) is 22.8 Å². The number of nitrogens with one attached hydrogen (secondary N) is 1. The quantitative estimate of drug-likeness (QED) is 0.613. The monoisotopic (exact) mass is 273 g/mol. The van der Waals surface area contributed by atoms with Gasteiger partial charge in [0.15, 0.2) is 5.76 Å². The van der Waals surface area contributed by atoms with Gasteiger partial charge in [-0.15, -0.1) is 12.4 Å². The largest absolute Gasteiger partial charge is 0.469 e. The van der Waals surface area contributed by atoms with E-state index in [1.54, 1.807) is 21.9 Å². The summed E-state index contributed by atoms with van der Waals surface area (Å²) >= 11 is 0. The van der Waals surface area contributed by atoms with E-state index in [-0.39, 0.29) is 24.3 Å². The number of rotatable bonds is 1. The summed E-state index contributed by atoms with van der Waals surface area (Å²) in [4.78, 5) is 15.5. The van der Waals surface area contributed by atoms with Gasteiger partial charge in [-0.05, 0) is 12.1 Å². The first-order valence-corrected chi connectivity index (χ1v) is 5.42. The fourth-order valence-electron chi connectivity index (χ4n) is 1.80. The first kappa shape index (κ1) is 14.4. The van der Waals surface area contributed by atoms with Crippen LogP contribution in [-0.4, -0.2) is 55.0 Å². The van der Waals surface area contributed by atoms with Crippen molar-refractivity contribution in [3.05, 3.63) is 24.2 Å². The van der Waals surface area contributed by atoms with Crippen molar-refractivity contribution in [2.24, 2.45) is 0 Å². The average molecular weight is 274 g/mol. The average Bonchev–Trinajstić information content (AvgIpc) is 2.91. The van der Waals surface area contributed by atoms with Gasteiger partial charge in [-0.1, -0.05) is 0 Å². The second kappa shape index (κ2) is 6.30. The van der Waals surface area contributed by atoms with E-state index in [2.05, 4.69) is 0 Å². The molecule has 0 saturated carbocycles. The molecule has 1 N–H and O–H groups in total. The number of hydrogen-bond donors (Lipinski definition) is 1. The first-order valence-electron chi connectivity index (χ1n) is 5.42. The minimum absolute atomic E-state index is 0. The van der Waals surface area contributed by atoms with Crippen molar-refractivity contribution in [2.75, 3.05) is 33.3 Å². The van der Waals surface area contributed by atoms with Gasteiger partial charge < -0.3 is 19.0 Å². The minimum atomic E-state index is -0.0985. The first-order chi connectivity index (χ1) is 8.22. The molecule has 2 rings (SSSR count). The van der Waals surface area contributed by atoms with Crippen LogP contribution in [0, 0.1) is 5.41 Å². The molecule has 1 aliphatic heterocycles. The number of methoxy groups -OCH3 is 1. The predicted octanol–water partition coefficient (Wildman–Crippen LogP) is 1.04. The van der Waals surface area contributed by atoms with Crippen LogP contribution in [0.25, 0.3) is 0 Å². The molecule has 0 unspecified atom stereocenters. The third-order valence-electron chi connectivity index (χ3n) is 2.78. The summed E-state index contributed by atoms with van der Waals surface area (Å²) in [5.74, 6) is 0.263. The van der Waals surface area contributed by atoms with Crippen LogP contribution in [-0.2, 0) is 4.74 Å². The second-order valence-corrected chi connectivity index (χ2v) is 3.77. The number of carbonyl (C=O) groups is 1. The summed E-state index contributed by atoms with van der Waals surface area (Å²) in [6, 6.07) is 3.51. The Morgan fingerprint density at radius 3 is 2.44 bits per heavy atom. The molecule has 0 aromatic carbocycles. The van der Waals surface area contributed by atoms with E-state index in [0.717, 1.165) is 0 Å². The van der Waals surface area contributed by atoms with Gasteiger partial charge in [0.25, 0.3) is 11.9 Å². The van der Waals surface area contributed by atoms with E-state index in [1.165, 1.54) is 13.4 Å². The zero-order chi connectivity index (χ0) is 12.3. The van der Waals surface area contributed by atoms with Crippen molar-refractivity contribution in [1.29, 1.82) is 5.41 Å². The molecular weight excluding hydrogens is 258 g/mol. The van der Waals surface area contributed by atoms with Crippen LogP contribution in [0.4, 0.5) is 0 Å². The van der Waals surface area contributed by atoms with Gasteiger partial charge in [-0.3, -0.25) is 10.2 Å². The molecule has 7 heteroatoms. The Hall–Kier alpha value is -1.69. The third kappa shape index (κ3) is 2.95. The Kier molecular flexibility index (Phi) is 5.03. The van der Waals surface area contributed by atoms with E-state index >= 15 is 0 Å². The number of amides is 1. The smallest absolute Gasteiger partial charge is 0.289 e. The molecule has 100 valence electrons. The van der Waals surface area contributed by atoms with E-state index in [1.807, 2.05) is 0 Å². The van der Waals surface area contributed by atoms with Crippen molar-refractivity contribution in [3.63, 3.8) is 0 Å². The van der Waals surface area contributed by atoms with Crippen molar-refractivity contribution in [3.8, 4) is 0 Å². The fourth-order valence-corrected chi connectivity index (χ4v) is 1.80. The number of hydrogen-bond acceptors (Lipinski definition) is 4. The van der Waals surface area contributed by atoms with Crippen LogP contribution in [0.2, 0.25) is 0 Å². The van der Waals surface area contributed by atoms with Gasteiger partial charge >= 0.3 is 0 Å². The molecule has 1 saturated heterocycles. The Morgan fingerprint density at radius 1 is 1.33 bits per heavy atom. The highest BCUT2D eigenvalue weighted by atomic mass is 35.5. The molecule has 2 heterocycles. The molecule has 1 amide bonds. The molecule has 0 bridgehead atoms. The Labute approximate surface area is 111 Å². The van der Waals surface area contributed by atoms with Crippen LogP contribution >= 0.6 is 12.4 Å². The Balaban J connectivity index is 0.00000162. The van der Waals surface area contributed by atoms with Crippen molar-refractivity contribution in [2.45, 2.75) is 0 Å². The Bertz CT molecular complexity index is 400. The zero-order valence-corrected chi connectivity index (χ0v) is 10.9. The molecule has 18 heavy (non-hydrogen) atoms. The third-order valence-corrected chi connectivity index (χ3v) is 2.78. The molecule has 0 aliphatic carbocycles. The van der Waals surface area contributed by atoms with Gasteiger partial charge in [-0.2, -0.15) is 0 Å². The van der Waals surface area contributed by atoms with Gasteiger partial charge in [0.1, 0.15) is 0 Å². The lowest BCUT2D eigenvalue weighted by atomic mass is 10.3. The molecule has 1 aromatic rings. The molecular formula is C11H16ClN3O3.